The van der Waals surface area contributed by atoms with E-state index in [1.165, 1.54) is 20.0 Å². The van der Waals surface area contributed by atoms with Gasteiger partial charge in [0.15, 0.2) is 0 Å². The first kappa shape index (κ1) is 13.3. The summed E-state index contributed by atoms with van der Waals surface area (Å²) in [4.78, 5) is 25.0. The molecular formula is C13H22N2O3. The van der Waals surface area contributed by atoms with Gasteiger partial charge >= 0.3 is 5.97 Å². The number of hydrogen-bond donors (Lipinski definition) is 1. The van der Waals surface area contributed by atoms with Crippen molar-refractivity contribution in [1.82, 2.24) is 10.2 Å². The molecule has 1 aliphatic carbocycles. The van der Waals surface area contributed by atoms with Crippen LogP contribution in [0.15, 0.2) is 0 Å². The number of piperidine rings is 1. The molecular weight excluding hydrogens is 232 g/mol. The third kappa shape index (κ3) is 3.70. The third-order valence-electron chi connectivity index (χ3n) is 3.72. The first-order valence-corrected chi connectivity index (χ1v) is 6.66. The summed E-state index contributed by atoms with van der Waals surface area (Å²) < 4.78 is 4.74. The Labute approximate surface area is 108 Å². The Bertz CT molecular complexity index is 328. The van der Waals surface area contributed by atoms with E-state index in [0.717, 1.165) is 19.5 Å². The lowest BCUT2D eigenvalue weighted by molar-refractivity contribution is -0.142. The van der Waals surface area contributed by atoms with Gasteiger partial charge < -0.3 is 10.1 Å². The molecule has 102 valence electrons. The lowest BCUT2D eigenvalue weighted by Gasteiger charge is -2.37. The van der Waals surface area contributed by atoms with E-state index in [1.54, 1.807) is 6.92 Å². The highest BCUT2D eigenvalue weighted by molar-refractivity contribution is 5.73. The number of amides is 1. The fourth-order valence-electron chi connectivity index (χ4n) is 2.84. The zero-order valence-electron chi connectivity index (χ0n) is 11.1. The predicted octanol–water partition coefficient (Wildman–Crippen LogP) is 0.539. The van der Waals surface area contributed by atoms with Gasteiger partial charge in [-0.1, -0.05) is 0 Å². The van der Waals surface area contributed by atoms with E-state index in [9.17, 15) is 9.59 Å². The van der Waals surface area contributed by atoms with Crippen LogP contribution in [0.4, 0.5) is 0 Å². The van der Waals surface area contributed by atoms with Crippen molar-refractivity contribution in [3.63, 3.8) is 0 Å². The van der Waals surface area contributed by atoms with Gasteiger partial charge in [0.2, 0.25) is 5.91 Å². The number of carbonyl (C=O) groups excluding carboxylic acids is 2. The van der Waals surface area contributed by atoms with E-state index in [-0.39, 0.29) is 17.9 Å². The molecule has 1 saturated heterocycles. The number of rotatable bonds is 4. The number of methoxy groups -OCH3 is 1. The molecule has 0 bridgehead atoms. The third-order valence-corrected chi connectivity index (χ3v) is 3.72. The summed E-state index contributed by atoms with van der Waals surface area (Å²) in [6, 6.07) is 0.841. The summed E-state index contributed by atoms with van der Waals surface area (Å²) in [5, 5.41) is 2.98. The predicted molar refractivity (Wildman–Crippen MR) is 66.9 cm³/mol. The van der Waals surface area contributed by atoms with E-state index < -0.39 is 0 Å². The minimum Gasteiger partial charge on any atom is -0.469 e. The van der Waals surface area contributed by atoms with Crippen molar-refractivity contribution >= 4 is 11.9 Å². The Hall–Kier alpha value is -1.10. The van der Waals surface area contributed by atoms with Gasteiger partial charge in [0.1, 0.15) is 0 Å². The van der Waals surface area contributed by atoms with Gasteiger partial charge in [-0.3, -0.25) is 14.5 Å². The Balaban J connectivity index is 1.92. The minimum atomic E-state index is -0.153. The highest BCUT2D eigenvalue weighted by Gasteiger charge is 2.36. The summed E-state index contributed by atoms with van der Waals surface area (Å²) in [7, 11) is 1.43. The number of nitrogens with one attached hydrogen (secondary N) is 1. The number of nitrogens with zero attached hydrogens (tertiary/aromatic N) is 1. The van der Waals surface area contributed by atoms with Gasteiger partial charge in [0.25, 0.3) is 0 Å². The second-order valence-electron chi connectivity index (χ2n) is 5.46. The van der Waals surface area contributed by atoms with Crippen LogP contribution in [0.3, 0.4) is 0 Å². The minimum absolute atomic E-state index is 0.00876. The van der Waals surface area contributed by atoms with Crippen molar-refractivity contribution < 1.29 is 14.3 Å². The lowest BCUT2D eigenvalue weighted by Crippen LogP contribution is -2.51. The molecule has 2 rings (SSSR count). The van der Waals surface area contributed by atoms with Crippen LogP contribution in [0.5, 0.6) is 0 Å². The highest BCUT2D eigenvalue weighted by atomic mass is 16.5. The van der Waals surface area contributed by atoms with Crippen molar-refractivity contribution in [1.29, 1.82) is 0 Å². The second-order valence-corrected chi connectivity index (χ2v) is 5.46. The van der Waals surface area contributed by atoms with Crippen LogP contribution < -0.4 is 5.32 Å². The van der Waals surface area contributed by atoms with Crippen LogP contribution in [-0.2, 0) is 14.3 Å². The van der Waals surface area contributed by atoms with Gasteiger partial charge in [0.05, 0.1) is 7.11 Å². The van der Waals surface area contributed by atoms with Crippen molar-refractivity contribution in [2.75, 3.05) is 20.2 Å². The van der Waals surface area contributed by atoms with Gasteiger partial charge in [-0.25, -0.2) is 0 Å². The molecule has 1 N–H and O–H groups in total. The van der Waals surface area contributed by atoms with E-state index in [2.05, 4.69) is 10.2 Å². The average Bonchev–Trinajstić information content (AvgIpc) is 3.11. The number of esters is 1. The SMILES string of the molecule is COC(=O)CC1CC(NC(C)=O)CN(C2CC2)C1. The molecule has 1 saturated carbocycles. The zero-order chi connectivity index (χ0) is 13.1. The largest absolute Gasteiger partial charge is 0.469 e. The van der Waals surface area contributed by atoms with E-state index >= 15 is 0 Å². The monoisotopic (exact) mass is 254 g/mol. The Kier molecular flexibility index (Phi) is 4.22. The van der Waals surface area contributed by atoms with Crippen LogP contribution in [-0.4, -0.2) is 49.1 Å². The molecule has 0 aromatic rings. The number of ether oxygens (including phenoxy) is 1. The maximum atomic E-state index is 11.4. The highest BCUT2D eigenvalue weighted by Crippen LogP contribution is 2.32. The fourth-order valence-corrected chi connectivity index (χ4v) is 2.84. The Morgan fingerprint density at radius 2 is 2.06 bits per heavy atom. The normalized spacial score (nSPS) is 28.8. The maximum absolute atomic E-state index is 11.4. The number of hydrogen-bond acceptors (Lipinski definition) is 4. The van der Waals surface area contributed by atoms with E-state index in [1.807, 2.05) is 0 Å². The Morgan fingerprint density at radius 3 is 2.61 bits per heavy atom. The molecule has 0 spiro atoms. The van der Waals surface area contributed by atoms with E-state index in [0.29, 0.717) is 18.4 Å². The van der Waals surface area contributed by atoms with Crippen molar-refractivity contribution in [3.05, 3.63) is 0 Å². The second kappa shape index (κ2) is 5.69. The van der Waals surface area contributed by atoms with Crippen LogP contribution in [0.1, 0.15) is 32.6 Å². The van der Waals surface area contributed by atoms with Gasteiger partial charge in [-0.15, -0.1) is 0 Å². The topological polar surface area (TPSA) is 58.6 Å². The average molecular weight is 254 g/mol. The summed E-state index contributed by atoms with van der Waals surface area (Å²) in [6.07, 6.45) is 3.82. The summed E-state index contributed by atoms with van der Waals surface area (Å²) in [5.41, 5.74) is 0. The van der Waals surface area contributed by atoms with Gasteiger partial charge in [-0.2, -0.15) is 0 Å². The lowest BCUT2D eigenvalue weighted by atomic mass is 9.91. The maximum Gasteiger partial charge on any atom is 0.305 e. The molecule has 1 amide bonds. The first-order chi connectivity index (χ1) is 8.58. The van der Waals surface area contributed by atoms with Crippen LogP contribution >= 0.6 is 0 Å². The fraction of sp³-hybridized carbons (Fsp3) is 0.846. The Morgan fingerprint density at radius 1 is 1.33 bits per heavy atom. The molecule has 1 aliphatic heterocycles. The standard InChI is InChI=1S/C13H22N2O3/c1-9(16)14-11-5-10(6-13(17)18-2)7-15(8-11)12-3-4-12/h10-12H,3-8H2,1-2H3,(H,14,16). The van der Waals surface area contributed by atoms with Crippen LogP contribution in [0.2, 0.25) is 0 Å². The summed E-state index contributed by atoms with van der Waals surface area (Å²) in [6.45, 7) is 3.42. The first-order valence-electron chi connectivity index (χ1n) is 6.66. The molecule has 0 radical (unpaired) electrons. The molecule has 0 aromatic carbocycles. The van der Waals surface area contributed by atoms with Crippen LogP contribution in [0.25, 0.3) is 0 Å². The molecule has 5 heteroatoms. The van der Waals surface area contributed by atoms with Crippen molar-refractivity contribution in [2.24, 2.45) is 5.92 Å². The molecule has 2 fully saturated rings. The van der Waals surface area contributed by atoms with Gasteiger partial charge in [0, 0.05) is 38.5 Å². The van der Waals surface area contributed by atoms with Crippen molar-refractivity contribution in [3.8, 4) is 0 Å². The molecule has 2 atom stereocenters. The molecule has 5 nitrogen and oxygen atoms in total. The van der Waals surface area contributed by atoms with Gasteiger partial charge in [-0.05, 0) is 25.2 Å². The quantitative estimate of drug-likeness (QED) is 0.744. The number of likely N-dealkylation sites (tertiary alicyclic amines) is 1. The smallest absolute Gasteiger partial charge is 0.305 e. The summed E-state index contributed by atoms with van der Waals surface area (Å²) >= 11 is 0. The molecule has 0 aromatic heterocycles. The molecule has 2 aliphatic rings. The summed E-state index contributed by atoms with van der Waals surface area (Å²) in [5.74, 6) is 0.150. The zero-order valence-corrected chi connectivity index (χ0v) is 11.1. The van der Waals surface area contributed by atoms with Crippen LogP contribution in [0, 0.1) is 5.92 Å². The molecule has 18 heavy (non-hydrogen) atoms. The van der Waals surface area contributed by atoms with E-state index in [4.69, 9.17) is 4.74 Å². The van der Waals surface area contributed by atoms with Crippen molar-refractivity contribution in [2.45, 2.75) is 44.7 Å². The molecule has 2 unspecified atom stereocenters. The molecule has 1 heterocycles. The number of carbonyl (C=O) groups is 2.